The third-order valence-electron chi connectivity index (χ3n) is 1.33. The predicted molar refractivity (Wildman–Crippen MR) is 71.1 cm³/mol. The highest BCUT2D eigenvalue weighted by molar-refractivity contribution is 14.1. The Bertz CT molecular complexity index is 319. The minimum atomic E-state index is -4.64. The van der Waals surface area contributed by atoms with E-state index in [-0.39, 0.29) is 5.75 Å². The SMILES string of the molecule is COCCI.FC(F)(F)Oc1cccc(S)c1. The van der Waals surface area contributed by atoms with Crippen molar-refractivity contribution in [2.24, 2.45) is 0 Å². The van der Waals surface area contributed by atoms with Gasteiger partial charge in [-0.2, -0.15) is 0 Å². The maximum absolute atomic E-state index is 11.6. The molecule has 0 fully saturated rings. The van der Waals surface area contributed by atoms with Gasteiger partial charge in [0.15, 0.2) is 0 Å². The summed E-state index contributed by atoms with van der Waals surface area (Å²) >= 11 is 6.12. The Kier molecular flexibility index (Phi) is 8.79. The summed E-state index contributed by atoms with van der Waals surface area (Å²) in [7, 11) is 1.71. The average Bonchev–Trinajstić information content (AvgIpc) is 2.17. The molecule has 0 N–H and O–H groups in total. The molecule has 1 rings (SSSR count). The summed E-state index contributed by atoms with van der Waals surface area (Å²) in [6.45, 7) is 0.876. The van der Waals surface area contributed by atoms with Crippen molar-refractivity contribution in [2.75, 3.05) is 18.1 Å². The fourth-order valence-corrected chi connectivity index (χ4v) is 1.41. The summed E-state index contributed by atoms with van der Waals surface area (Å²) in [5.74, 6) is -0.255. The van der Waals surface area contributed by atoms with Gasteiger partial charge in [-0.05, 0) is 18.2 Å². The van der Waals surface area contributed by atoms with Crippen LogP contribution in [0.4, 0.5) is 13.2 Å². The molecule has 0 bridgehead atoms. The Morgan fingerprint density at radius 1 is 1.35 bits per heavy atom. The highest BCUT2D eigenvalue weighted by Gasteiger charge is 2.30. The Hall–Kier alpha value is -0.150. The zero-order chi connectivity index (χ0) is 13.3. The molecule has 0 aliphatic rings. The molecular formula is C10H12F3IO2S. The normalized spacial score (nSPS) is 10.5. The lowest BCUT2D eigenvalue weighted by atomic mass is 10.3. The Labute approximate surface area is 117 Å². The van der Waals surface area contributed by atoms with Crippen molar-refractivity contribution < 1.29 is 22.6 Å². The Balaban J connectivity index is 0.000000437. The number of rotatable bonds is 3. The maximum atomic E-state index is 11.6. The lowest BCUT2D eigenvalue weighted by molar-refractivity contribution is -0.274. The number of hydrogen-bond donors (Lipinski definition) is 1. The molecule has 0 spiro atoms. The van der Waals surface area contributed by atoms with Gasteiger partial charge in [0.25, 0.3) is 0 Å². The first kappa shape index (κ1) is 16.9. The van der Waals surface area contributed by atoms with E-state index in [0.717, 1.165) is 11.0 Å². The second-order valence-electron chi connectivity index (χ2n) is 2.73. The van der Waals surface area contributed by atoms with Gasteiger partial charge >= 0.3 is 6.36 Å². The van der Waals surface area contributed by atoms with E-state index < -0.39 is 6.36 Å². The summed E-state index contributed by atoms with van der Waals surface area (Å²) in [4.78, 5) is 0.428. The second kappa shape index (κ2) is 8.87. The van der Waals surface area contributed by atoms with E-state index >= 15 is 0 Å². The van der Waals surface area contributed by atoms with Crippen molar-refractivity contribution in [3.05, 3.63) is 24.3 Å². The molecule has 1 aromatic rings. The Morgan fingerprint density at radius 2 is 2.00 bits per heavy atom. The number of methoxy groups -OCH3 is 1. The van der Waals surface area contributed by atoms with Crippen molar-refractivity contribution in [3.8, 4) is 5.75 Å². The number of hydrogen-bond acceptors (Lipinski definition) is 3. The van der Waals surface area contributed by atoms with Gasteiger partial charge in [-0.15, -0.1) is 25.8 Å². The standard InChI is InChI=1S/C7H5F3OS.C3H7IO/c8-7(9,10)11-5-2-1-3-6(12)4-5;1-5-3-2-4/h1-4,12H;2-3H2,1H3. The van der Waals surface area contributed by atoms with Gasteiger partial charge in [0, 0.05) is 16.4 Å². The molecule has 0 heterocycles. The van der Waals surface area contributed by atoms with Crippen LogP contribution in [-0.2, 0) is 4.74 Å². The molecule has 17 heavy (non-hydrogen) atoms. The molecule has 1 aromatic carbocycles. The molecule has 0 saturated heterocycles. The van der Waals surface area contributed by atoms with E-state index in [1.165, 1.54) is 18.2 Å². The number of thiol groups is 1. The molecule has 2 nitrogen and oxygen atoms in total. The van der Waals surface area contributed by atoms with Crippen LogP contribution in [0, 0.1) is 0 Å². The van der Waals surface area contributed by atoms with Gasteiger partial charge in [-0.25, -0.2) is 0 Å². The predicted octanol–water partition coefficient (Wildman–Crippen LogP) is 3.94. The van der Waals surface area contributed by atoms with Crippen LogP contribution in [0.3, 0.4) is 0 Å². The van der Waals surface area contributed by atoms with Gasteiger partial charge in [-0.1, -0.05) is 28.7 Å². The van der Waals surface area contributed by atoms with Crippen LogP contribution < -0.4 is 4.74 Å². The van der Waals surface area contributed by atoms with Gasteiger partial charge in [0.05, 0.1) is 6.61 Å². The highest BCUT2D eigenvalue weighted by Crippen LogP contribution is 2.23. The molecule has 0 aliphatic heterocycles. The van der Waals surface area contributed by atoms with Crippen molar-refractivity contribution in [1.29, 1.82) is 0 Å². The quantitative estimate of drug-likeness (QED) is 0.487. The molecule has 0 atom stereocenters. The zero-order valence-electron chi connectivity index (χ0n) is 9.00. The maximum Gasteiger partial charge on any atom is 0.573 e. The van der Waals surface area contributed by atoms with Crippen LogP contribution in [0.2, 0.25) is 0 Å². The summed E-state index contributed by atoms with van der Waals surface area (Å²) in [5, 5.41) is 0. The van der Waals surface area contributed by atoms with Crippen molar-refractivity contribution in [2.45, 2.75) is 11.3 Å². The van der Waals surface area contributed by atoms with Gasteiger partial charge in [0.2, 0.25) is 0 Å². The number of halogens is 4. The van der Waals surface area contributed by atoms with E-state index in [1.54, 1.807) is 13.2 Å². The molecule has 98 valence electrons. The molecule has 0 amide bonds. The third-order valence-corrected chi connectivity index (χ3v) is 2.05. The van der Waals surface area contributed by atoms with Crippen LogP contribution in [0.5, 0.6) is 5.75 Å². The van der Waals surface area contributed by atoms with E-state index in [0.29, 0.717) is 4.90 Å². The fraction of sp³-hybridized carbons (Fsp3) is 0.400. The highest BCUT2D eigenvalue weighted by atomic mass is 127. The second-order valence-corrected chi connectivity index (χ2v) is 4.32. The molecule has 0 radical (unpaired) electrons. The van der Waals surface area contributed by atoms with Crippen LogP contribution in [0.1, 0.15) is 0 Å². The number of alkyl halides is 4. The fourth-order valence-electron chi connectivity index (χ4n) is 0.758. The minimum absolute atomic E-state index is 0.255. The van der Waals surface area contributed by atoms with Gasteiger partial charge < -0.3 is 9.47 Å². The van der Waals surface area contributed by atoms with E-state index in [4.69, 9.17) is 0 Å². The molecule has 0 unspecified atom stereocenters. The first-order chi connectivity index (χ1) is 7.89. The van der Waals surface area contributed by atoms with Crippen molar-refractivity contribution >= 4 is 35.2 Å². The van der Waals surface area contributed by atoms with E-state index in [9.17, 15) is 13.2 Å². The molecule has 0 aromatic heterocycles. The summed E-state index contributed by atoms with van der Waals surface area (Å²) in [6, 6.07) is 5.40. The molecule has 0 aliphatic carbocycles. The molecule has 7 heteroatoms. The largest absolute Gasteiger partial charge is 0.573 e. The molecular weight excluding hydrogens is 368 g/mol. The summed E-state index contributed by atoms with van der Waals surface area (Å²) < 4.78 is 44.3. The van der Waals surface area contributed by atoms with Gasteiger partial charge in [0.1, 0.15) is 5.75 Å². The first-order valence-electron chi connectivity index (χ1n) is 4.48. The summed E-state index contributed by atoms with van der Waals surface area (Å²) in [6.07, 6.45) is -4.64. The van der Waals surface area contributed by atoms with Crippen LogP contribution >= 0.6 is 35.2 Å². The lowest BCUT2D eigenvalue weighted by Crippen LogP contribution is -2.16. The minimum Gasteiger partial charge on any atom is -0.406 e. The third kappa shape index (κ3) is 10.7. The monoisotopic (exact) mass is 380 g/mol. The smallest absolute Gasteiger partial charge is 0.406 e. The van der Waals surface area contributed by atoms with Crippen molar-refractivity contribution in [1.82, 2.24) is 0 Å². The van der Waals surface area contributed by atoms with Crippen LogP contribution in [-0.4, -0.2) is 24.5 Å². The van der Waals surface area contributed by atoms with Crippen LogP contribution in [0.25, 0.3) is 0 Å². The number of ether oxygens (including phenoxy) is 2. The Morgan fingerprint density at radius 3 is 2.35 bits per heavy atom. The average molecular weight is 380 g/mol. The van der Waals surface area contributed by atoms with Crippen molar-refractivity contribution in [3.63, 3.8) is 0 Å². The van der Waals surface area contributed by atoms with Crippen LogP contribution in [0.15, 0.2) is 29.2 Å². The van der Waals surface area contributed by atoms with Gasteiger partial charge in [-0.3, -0.25) is 0 Å². The van der Waals surface area contributed by atoms with E-state index in [2.05, 4.69) is 44.7 Å². The first-order valence-corrected chi connectivity index (χ1v) is 6.46. The molecule has 0 saturated carbocycles. The summed E-state index contributed by atoms with van der Waals surface area (Å²) in [5.41, 5.74) is 0. The zero-order valence-corrected chi connectivity index (χ0v) is 12.1. The number of benzene rings is 1. The van der Waals surface area contributed by atoms with E-state index in [1.807, 2.05) is 0 Å². The topological polar surface area (TPSA) is 18.5 Å². The lowest BCUT2D eigenvalue weighted by Gasteiger charge is -2.08.